The molecule has 0 saturated carbocycles. The maximum Gasteiger partial charge on any atom is 0.223 e. The molecule has 0 fully saturated rings. The van der Waals surface area contributed by atoms with E-state index in [1.165, 1.54) is 0 Å². The molecular weight excluding hydrogens is 266 g/mol. The van der Waals surface area contributed by atoms with Crippen LogP contribution in [0.25, 0.3) is 5.69 Å². The lowest BCUT2D eigenvalue weighted by Gasteiger charge is -2.09. The van der Waals surface area contributed by atoms with Gasteiger partial charge in [-0.25, -0.2) is 4.68 Å². The highest BCUT2D eigenvalue weighted by molar-refractivity contribution is 5.31. The number of para-hydroxylation sites is 1. The standard InChI is InChI=1S/C15H17N5O/c1-11(16-9-15-18-12(2)21-19-15)13-8-17-20(10-13)14-6-4-3-5-7-14/h3-8,10-11,16H,9H2,1-2H3. The Labute approximate surface area is 122 Å². The molecular formula is C15H17N5O. The minimum Gasteiger partial charge on any atom is -0.340 e. The Hall–Kier alpha value is -2.47. The van der Waals surface area contributed by atoms with E-state index in [-0.39, 0.29) is 6.04 Å². The van der Waals surface area contributed by atoms with Crippen LogP contribution in [0.15, 0.2) is 47.2 Å². The summed E-state index contributed by atoms with van der Waals surface area (Å²) in [5, 5.41) is 11.6. The Morgan fingerprint density at radius 2 is 2.10 bits per heavy atom. The van der Waals surface area contributed by atoms with Crippen molar-refractivity contribution in [2.75, 3.05) is 0 Å². The summed E-state index contributed by atoms with van der Waals surface area (Å²) in [6, 6.07) is 10.2. The van der Waals surface area contributed by atoms with E-state index in [4.69, 9.17) is 4.52 Å². The van der Waals surface area contributed by atoms with Crippen LogP contribution in [-0.4, -0.2) is 19.9 Å². The van der Waals surface area contributed by atoms with Crippen LogP contribution in [0.4, 0.5) is 0 Å². The number of hydrogen-bond donors (Lipinski definition) is 1. The fraction of sp³-hybridized carbons (Fsp3) is 0.267. The molecule has 0 aliphatic heterocycles. The summed E-state index contributed by atoms with van der Waals surface area (Å²) in [4.78, 5) is 4.17. The molecule has 0 radical (unpaired) electrons. The second kappa shape index (κ2) is 5.88. The monoisotopic (exact) mass is 283 g/mol. The van der Waals surface area contributed by atoms with Crippen molar-refractivity contribution in [1.29, 1.82) is 0 Å². The highest BCUT2D eigenvalue weighted by atomic mass is 16.5. The minimum absolute atomic E-state index is 0.154. The molecule has 0 amide bonds. The number of nitrogens with zero attached hydrogens (tertiary/aromatic N) is 4. The molecule has 0 spiro atoms. The fourth-order valence-corrected chi connectivity index (χ4v) is 2.06. The van der Waals surface area contributed by atoms with E-state index >= 15 is 0 Å². The third kappa shape index (κ3) is 3.17. The van der Waals surface area contributed by atoms with E-state index in [9.17, 15) is 0 Å². The highest BCUT2D eigenvalue weighted by Crippen LogP contribution is 2.14. The predicted octanol–water partition coefficient (Wildman–Crippen LogP) is 2.41. The summed E-state index contributed by atoms with van der Waals surface area (Å²) < 4.78 is 6.81. The molecule has 6 heteroatoms. The van der Waals surface area contributed by atoms with Crippen LogP contribution in [-0.2, 0) is 6.54 Å². The van der Waals surface area contributed by atoms with Crippen molar-refractivity contribution >= 4 is 0 Å². The average Bonchev–Trinajstić information content (AvgIpc) is 3.15. The van der Waals surface area contributed by atoms with Crippen LogP contribution >= 0.6 is 0 Å². The number of rotatable bonds is 5. The SMILES string of the molecule is Cc1nc(CNC(C)c2cnn(-c3ccccc3)c2)no1. The van der Waals surface area contributed by atoms with Gasteiger partial charge in [0.15, 0.2) is 5.82 Å². The molecule has 0 aliphatic rings. The van der Waals surface area contributed by atoms with Crippen molar-refractivity contribution in [3.63, 3.8) is 0 Å². The van der Waals surface area contributed by atoms with Crippen molar-refractivity contribution in [1.82, 2.24) is 25.2 Å². The molecule has 1 atom stereocenters. The summed E-state index contributed by atoms with van der Waals surface area (Å²) >= 11 is 0. The van der Waals surface area contributed by atoms with Crippen LogP contribution in [0.1, 0.15) is 30.2 Å². The first kappa shape index (κ1) is 13.5. The first-order valence-electron chi connectivity index (χ1n) is 6.85. The van der Waals surface area contributed by atoms with Crippen molar-refractivity contribution in [3.05, 3.63) is 60.0 Å². The van der Waals surface area contributed by atoms with E-state index in [0.29, 0.717) is 18.3 Å². The minimum atomic E-state index is 0.154. The van der Waals surface area contributed by atoms with Gasteiger partial charge in [0.2, 0.25) is 5.89 Å². The van der Waals surface area contributed by atoms with Gasteiger partial charge in [-0.1, -0.05) is 23.4 Å². The molecule has 2 aromatic heterocycles. The Morgan fingerprint density at radius 3 is 2.81 bits per heavy atom. The molecule has 0 saturated heterocycles. The maximum atomic E-state index is 4.95. The first-order valence-corrected chi connectivity index (χ1v) is 6.85. The van der Waals surface area contributed by atoms with Gasteiger partial charge in [-0.15, -0.1) is 0 Å². The number of aryl methyl sites for hydroxylation is 1. The summed E-state index contributed by atoms with van der Waals surface area (Å²) in [5.74, 6) is 1.24. The van der Waals surface area contributed by atoms with Crippen LogP contribution in [0.2, 0.25) is 0 Å². The number of hydrogen-bond acceptors (Lipinski definition) is 5. The zero-order valence-electron chi connectivity index (χ0n) is 12.0. The van der Waals surface area contributed by atoms with Gasteiger partial charge >= 0.3 is 0 Å². The van der Waals surface area contributed by atoms with Crippen LogP contribution in [0.5, 0.6) is 0 Å². The number of aromatic nitrogens is 4. The van der Waals surface area contributed by atoms with Gasteiger partial charge in [-0.05, 0) is 19.1 Å². The van der Waals surface area contributed by atoms with Gasteiger partial charge in [0.05, 0.1) is 18.4 Å². The first-order chi connectivity index (χ1) is 10.2. The van der Waals surface area contributed by atoms with Crippen molar-refractivity contribution in [2.24, 2.45) is 0 Å². The van der Waals surface area contributed by atoms with Crippen LogP contribution in [0, 0.1) is 6.92 Å². The van der Waals surface area contributed by atoms with E-state index in [1.807, 2.05) is 47.4 Å². The lowest BCUT2D eigenvalue weighted by atomic mass is 10.2. The quantitative estimate of drug-likeness (QED) is 0.778. The van der Waals surface area contributed by atoms with Crippen molar-refractivity contribution in [3.8, 4) is 5.69 Å². The third-order valence-electron chi connectivity index (χ3n) is 3.26. The zero-order chi connectivity index (χ0) is 14.7. The predicted molar refractivity (Wildman–Crippen MR) is 77.9 cm³/mol. The molecule has 0 aliphatic carbocycles. The molecule has 0 bridgehead atoms. The Kier molecular flexibility index (Phi) is 3.79. The largest absolute Gasteiger partial charge is 0.340 e. The van der Waals surface area contributed by atoms with Gasteiger partial charge in [-0.3, -0.25) is 0 Å². The lowest BCUT2D eigenvalue weighted by Crippen LogP contribution is -2.18. The van der Waals surface area contributed by atoms with Gasteiger partial charge in [-0.2, -0.15) is 10.1 Å². The molecule has 1 N–H and O–H groups in total. The topological polar surface area (TPSA) is 68.8 Å². The van der Waals surface area contributed by atoms with Gasteiger partial charge in [0.25, 0.3) is 0 Å². The summed E-state index contributed by atoms with van der Waals surface area (Å²) in [6.07, 6.45) is 3.89. The maximum absolute atomic E-state index is 4.95. The molecule has 3 aromatic rings. The van der Waals surface area contributed by atoms with Gasteiger partial charge in [0, 0.05) is 24.7 Å². The number of nitrogens with one attached hydrogen (secondary N) is 1. The highest BCUT2D eigenvalue weighted by Gasteiger charge is 2.10. The second-order valence-electron chi connectivity index (χ2n) is 4.89. The van der Waals surface area contributed by atoms with Crippen molar-refractivity contribution < 1.29 is 4.52 Å². The Balaban J connectivity index is 1.65. The van der Waals surface area contributed by atoms with Gasteiger partial charge in [0.1, 0.15) is 0 Å². The molecule has 2 heterocycles. The summed E-state index contributed by atoms with van der Waals surface area (Å²) in [7, 11) is 0. The summed E-state index contributed by atoms with van der Waals surface area (Å²) in [5.41, 5.74) is 2.16. The normalized spacial score (nSPS) is 12.5. The molecule has 1 unspecified atom stereocenters. The Morgan fingerprint density at radius 1 is 1.29 bits per heavy atom. The van der Waals surface area contributed by atoms with Gasteiger partial charge < -0.3 is 9.84 Å². The number of benzene rings is 1. The van der Waals surface area contributed by atoms with Crippen LogP contribution in [0.3, 0.4) is 0 Å². The molecule has 3 rings (SSSR count). The van der Waals surface area contributed by atoms with E-state index in [2.05, 4.69) is 27.5 Å². The Bertz CT molecular complexity index is 704. The molecule has 1 aromatic carbocycles. The van der Waals surface area contributed by atoms with E-state index < -0.39 is 0 Å². The van der Waals surface area contributed by atoms with E-state index in [1.54, 1.807) is 6.92 Å². The average molecular weight is 283 g/mol. The second-order valence-corrected chi connectivity index (χ2v) is 4.89. The molecule has 21 heavy (non-hydrogen) atoms. The lowest BCUT2D eigenvalue weighted by molar-refractivity contribution is 0.384. The smallest absolute Gasteiger partial charge is 0.223 e. The van der Waals surface area contributed by atoms with Crippen molar-refractivity contribution in [2.45, 2.75) is 26.4 Å². The molecule has 108 valence electrons. The summed E-state index contributed by atoms with van der Waals surface area (Å²) in [6.45, 7) is 4.43. The fourth-order valence-electron chi connectivity index (χ4n) is 2.06. The zero-order valence-corrected chi connectivity index (χ0v) is 12.0. The third-order valence-corrected chi connectivity index (χ3v) is 3.26. The van der Waals surface area contributed by atoms with E-state index in [0.717, 1.165) is 11.3 Å². The van der Waals surface area contributed by atoms with Crippen LogP contribution < -0.4 is 5.32 Å². The molecule has 6 nitrogen and oxygen atoms in total.